The molecule has 0 unspecified atom stereocenters. The van der Waals surface area contributed by atoms with Gasteiger partial charge in [0.2, 0.25) is 0 Å². The van der Waals surface area contributed by atoms with Gasteiger partial charge in [0.1, 0.15) is 23.9 Å². The number of azo groups is 1. The van der Waals surface area contributed by atoms with Crippen LogP contribution in [0.2, 0.25) is 0 Å². The molecule has 0 saturated carbocycles. The van der Waals surface area contributed by atoms with E-state index >= 15 is 0 Å². The Morgan fingerprint density at radius 1 is 1.09 bits per heavy atom. The van der Waals surface area contributed by atoms with Crippen LogP contribution < -0.4 is 10.1 Å². The molecule has 166 valence electrons. The quantitative estimate of drug-likeness (QED) is 0.367. The molecule has 2 aromatic carbocycles. The first-order valence-electron chi connectivity index (χ1n) is 10.7. The molecule has 0 fully saturated rings. The smallest absolute Gasteiger partial charge is 0.276 e. The first kappa shape index (κ1) is 23.1. The van der Waals surface area contributed by atoms with Gasteiger partial charge in [-0.3, -0.25) is 4.79 Å². The van der Waals surface area contributed by atoms with Crippen LogP contribution in [0.25, 0.3) is 0 Å². The van der Waals surface area contributed by atoms with Crippen molar-refractivity contribution in [2.24, 2.45) is 10.2 Å². The fourth-order valence-electron chi connectivity index (χ4n) is 3.29. The highest BCUT2D eigenvalue weighted by atomic mass is 19.1. The van der Waals surface area contributed by atoms with Crippen molar-refractivity contribution in [2.45, 2.75) is 32.6 Å². The molecule has 0 saturated heterocycles. The number of nitrogens with one attached hydrogen (secondary N) is 1. The van der Waals surface area contributed by atoms with E-state index < -0.39 is 0 Å². The average Bonchev–Trinajstić information content (AvgIpc) is 2.82. The number of carbonyl (C=O) groups excluding carboxylic acids is 1. The van der Waals surface area contributed by atoms with Gasteiger partial charge in [-0.15, -0.1) is 0 Å². The minimum atomic E-state index is -0.321. The maximum Gasteiger partial charge on any atom is 0.276 e. The van der Waals surface area contributed by atoms with Crippen LogP contribution in [-0.2, 0) is 11.2 Å². The average molecular weight is 434 g/mol. The van der Waals surface area contributed by atoms with E-state index in [0.717, 1.165) is 29.7 Å². The third-order valence-corrected chi connectivity index (χ3v) is 5.11. The lowest BCUT2D eigenvalue weighted by atomic mass is 10.0. The number of hydrogen-bond donors (Lipinski definition) is 1. The van der Waals surface area contributed by atoms with E-state index in [0.29, 0.717) is 25.1 Å². The number of carbonyl (C=O) groups is 1. The standard InChI is InChI=1S/C26H28FN3O2/c1-19(8-9-20-10-12-22(27)13-11-20)25(30-28-2)26(31)29-23-14-16-24(17-15-23)32-18-21-6-4-3-5-7-21/h4,6-7,10-17H,3,5,8-9,18H2,1-2H3,(H,29,31)/b25-19-,30-28?. The molecule has 0 aromatic heterocycles. The second-order valence-corrected chi connectivity index (χ2v) is 7.58. The molecule has 0 bridgehead atoms. The summed E-state index contributed by atoms with van der Waals surface area (Å²) in [7, 11) is 1.53. The molecule has 5 nitrogen and oxygen atoms in total. The number of allylic oxidation sites excluding steroid dienone is 3. The van der Waals surface area contributed by atoms with Crippen molar-refractivity contribution in [3.8, 4) is 5.75 Å². The van der Waals surface area contributed by atoms with Crippen molar-refractivity contribution >= 4 is 11.6 Å². The number of aryl methyl sites for hydroxylation is 1. The van der Waals surface area contributed by atoms with Gasteiger partial charge in [0, 0.05) is 12.7 Å². The van der Waals surface area contributed by atoms with E-state index in [1.807, 2.05) is 19.1 Å². The Labute approximate surface area is 188 Å². The molecule has 0 aliphatic heterocycles. The number of amides is 1. The van der Waals surface area contributed by atoms with Gasteiger partial charge in [-0.2, -0.15) is 10.2 Å². The number of hydrogen-bond acceptors (Lipinski definition) is 4. The van der Waals surface area contributed by atoms with E-state index in [2.05, 4.69) is 33.8 Å². The fraction of sp³-hybridized carbons (Fsp3) is 0.269. The molecule has 0 spiro atoms. The predicted molar refractivity (Wildman–Crippen MR) is 125 cm³/mol. The van der Waals surface area contributed by atoms with Crippen LogP contribution in [0, 0.1) is 5.82 Å². The monoisotopic (exact) mass is 433 g/mol. The Balaban J connectivity index is 1.59. The van der Waals surface area contributed by atoms with Crippen molar-refractivity contribution < 1.29 is 13.9 Å². The van der Waals surface area contributed by atoms with E-state index in [1.165, 1.54) is 24.8 Å². The van der Waals surface area contributed by atoms with Crippen LogP contribution in [0.3, 0.4) is 0 Å². The van der Waals surface area contributed by atoms with Crippen molar-refractivity contribution in [1.29, 1.82) is 0 Å². The molecule has 1 aliphatic rings. The summed E-state index contributed by atoms with van der Waals surface area (Å²) in [6.07, 6.45) is 9.85. The van der Waals surface area contributed by atoms with E-state index in [4.69, 9.17) is 4.74 Å². The van der Waals surface area contributed by atoms with Gasteiger partial charge in [0.15, 0.2) is 0 Å². The van der Waals surface area contributed by atoms with E-state index in [-0.39, 0.29) is 17.4 Å². The summed E-state index contributed by atoms with van der Waals surface area (Å²) in [6.45, 7) is 2.39. The molecule has 1 amide bonds. The summed E-state index contributed by atoms with van der Waals surface area (Å²) in [6, 6.07) is 13.6. The Morgan fingerprint density at radius 3 is 2.50 bits per heavy atom. The van der Waals surface area contributed by atoms with Crippen LogP contribution in [0.4, 0.5) is 10.1 Å². The van der Waals surface area contributed by atoms with Crippen molar-refractivity contribution in [1.82, 2.24) is 0 Å². The van der Waals surface area contributed by atoms with Crippen molar-refractivity contribution in [2.75, 3.05) is 19.0 Å². The normalized spacial score (nSPS) is 14.2. The lowest BCUT2D eigenvalue weighted by molar-refractivity contribution is -0.113. The van der Waals surface area contributed by atoms with Crippen molar-refractivity contribution in [3.63, 3.8) is 0 Å². The Morgan fingerprint density at radius 2 is 1.84 bits per heavy atom. The number of ether oxygens (including phenoxy) is 1. The lowest BCUT2D eigenvalue weighted by Gasteiger charge is -2.11. The lowest BCUT2D eigenvalue weighted by Crippen LogP contribution is -2.15. The molecule has 6 heteroatoms. The highest BCUT2D eigenvalue weighted by Crippen LogP contribution is 2.20. The number of anilines is 1. The molecule has 1 N–H and O–H groups in total. The number of halogens is 1. The van der Waals surface area contributed by atoms with Crippen LogP contribution in [0.5, 0.6) is 5.75 Å². The summed E-state index contributed by atoms with van der Waals surface area (Å²) in [4.78, 5) is 12.8. The first-order valence-corrected chi connectivity index (χ1v) is 10.7. The number of benzene rings is 2. The summed E-state index contributed by atoms with van der Waals surface area (Å²) < 4.78 is 18.9. The number of nitrogens with zero attached hydrogens (tertiary/aromatic N) is 2. The van der Waals surface area contributed by atoms with E-state index in [9.17, 15) is 9.18 Å². The van der Waals surface area contributed by atoms with Crippen LogP contribution in [0.1, 0.15) is 31.7 Å². The van der Waals surface area contributed by atoms with Gasteiger partial charge >= 0.3 is 0 Å². The summed E-state index contributed by atoms with van der Waals surface area (Å²) in [5.41, 5.74) is 3.91. The molecule has 1 aliphatic carbocycles. The molecular formula is C26H28FN3O2. The van der Waals surface area contributed by atoms with Gasteiger partial charge < -0.3 is 10.1 Å². The molecule has 0 radical (unpaired) electrons. The first-order chi connectivity index (χ1) is 15.5. The summed E-state index contributed by atoms with van der Waals surface area (Å²) in [5, 5.41) is 10.7. The topological polar surface area (TPSA) is 63.0 Å². The van der Waals surface area contributed by atoms with Crippen LogP contribution in [-0.4, -0.2) is 19.6 Å². The molecule has 0 heterocycles. The number of rotatable bonds is 9. The van der Waals surface area contributed by atoms with Crippen LogP contribution >= 0.6 is 0 Å². The Hall–Kier alpha value is -3.54. The van der Waals surface area contributed by atoms with E-state index in [1.54, 1.807) is 24.3 Å². The molecule has 3 rings (SSSR count). The predicted octanol–water partition coefficient (Wildman–Crippen LogP) is 6.41. The Bertz CT molecular complexity index is 1040. The maximum atomic E-state index is 13.1. The highest BCUT2D eigenvalue weighted by molar-refractivity contribution is 6.03. The second-order valence-electron chi connectivity index (χ2n) is 7.58. The fourth-order valence-corrected chi connectivity index (χ4v) is 3.29. The molecule has 0 atom stereocenters. The summed E-state index contributed by atoms with van der Waals surface area (Å²) >= 11 is 0. The van der Waals surface area contributed by atoms with Crippen molar-refractivity contribution in [3.05, 3.63) is 95.0 Å². The second kappa shape index (κ2) is 11.7. The van der Waals surface area contributed by atoms with Gasteiger partial charge in [0.25, 0.3) is 5.91 Å². The van der Waals surface area contributed by atoms with Gasteiger partial charge in [-0.05, 0) is 85.7 Å². The van der Waals surface area contributed by atoms with Crippen LogP contribution in [0.15, 0.2) is 93.8 Å². The summed E-state index contributed by atoms with van der Waals surface area (Å²) in [5.74, 6) is 0.154. The van der Waals surface area contributed by atoms with Gasteiger partial charge in [-0.1, -0.05) is 30.4 Å². The zero-order chi connectivity index (χ0) is 22.8. The minimum Gasteiger partial charge on any atom is -0.489 e. The zero-order valence-corrected chi connectivity index (χ0v) is 18.5. The highest BCUT2D eigenvalue weighted by Gasteiger charge is 2.13. The largest absolute Gasteiger partial charge is 0.489 e. The third kappa shape index (κ3) is 7.01. The third-order valence-electron chi connectivity index (χ3n) is 5.11. The SMILES string of the molecule is CN=N/C(C(=O)Nc1ccc(OCC2=CCCC=C2)cc1)=C(/C)CCc1ccc(F)cc1. The molecule has 32 heavy (non-hydrogen) atoms. The van der Waals surface area contributed by atoms with Gasteiger partial charge in [0.05, 0.1) is 0 Å². The zero-order valence-electron chi connectivity index (χ0n) is 18.5. The van der Waals surface area contributed by atoms with Gasteiger partial charge in [-0.25, -0.2) is 4.39 Å². The Kier molecular flexibility index (Phi) is 8.49. The molecule has 2 aromatic rings. The molecular weight excluding hydrogens is 405 g/mol. The maximum absolute atomic E-state index is 13.1. The minimum absolute atomic E-state index is 0.264.